The Hall–Kier alpha value is -1.01. The molecule has 6 heteroatoms. The van der Waals surface area contributed by atoms with Crippen LogP contribution in [0.15, 0.2) is 12.1 Å². The zero-order valence-corrected chi connectivity index (χ0v) is 12.8. The summed E-state index contributed by atoms with van der Waals surface area (Å²) in [6, 6.07) is 4.13. The molecule has 0 radical (unpaired) electrons. The van der Waals surface area contributed by atoms with Gasteiger partial charge in [-0.25, -0.2) is 0 Å². The maximum absolute atomic E-state index is 6.23. The lowest BCUT2D eigenvalue weighted by molar-refractivity contribution is 0.0910. The number of nitrogens with two attached hydrogens (primary N) is 1. The number of benzene rings is 1. The zero-order chi connectivity index (χ0) is 14.7. The summed E-state index contributed by atoms with van der Waals surface area (Å²) in [5.74, 6) is 1.29. The van der Waals surface area contributed by atoms with E-state index in [2.05, 4.69) is 11.8 Å². The minimum Gasteiger partial charge on any atom is -0.454 e. The summed E-state index contributed by atoms with van der Waals surface area (Å²) in [6.45, 7) is 3.44. The number of ether oxygens (including phenoxy) is 3. The van der Waals surface area contributed by atoms with Gasteiger partial charge in [-0.3, -0.25) is 4.90 Å². The van der Waals surface area contributed by atoms with Gasteiger partial charge in [0.15, 0.2) is 11.5 Å². The topological polar surface area (TPSA) is 57.0 Å². The van der Waals surface area contributed by atoms with Crippen LogP contribution in [0.3, 0.4) is 0 Å². The van der Waals surface area contributed by atoms with Crippen LogP contribution in [0.1, 0.15) is 18.5 Å². The first-order chi connectivity index (χ1) is 9.58. The van der Waals surface area contributed by atoms with Gasteiger partial charge < -0.3 is 19.9 Å². The van der Waals surface area contributed by atoms with Crippen molar-refractivity contribution < 1.29 is 14.2 Å². The van der Waals surface area contributed by atoms with E-state index in [0.717, 1.165) is 5.56 Å². The number of methoxy groups -OCH3 is 1. The summed E-state index contributed by atoms with van der Waals surface area (Å²) in [7, 11) is 3.72. The third-order valence-corrected chi connectivity index (χ3v) is 3.93. The highest BCUT2D eigenvalue weighted by molar-refractivity contribution is 6.32. The molecule has 2 N–H and O–H groups in total. The maximum Gasteiger partial charge on any atom is 0.231 e. The van der Waals surface area contributed by atoms with Crippen molar-refractivity contribution in [3.05, 3.63) is 22.7 Å². The third kappa shape index (κ3) is 3.01. The molecule has 0 fully saturated rings. The van der Waals surface area contributed by atoms with Gasteiger partial charge in [-0.2, -0.15) is 0 Å². The molecule has 1 aliphatic rings. The van der Waals surface area contributed by atoms with E-state index in [1.807, 2.05) is 19.2 Å². The lowest BCUT2D eigenvalue weighted by Crippen LogP contribution is -2.39. The van der Waals surface area contributed by atoms with Crippen LogP contribution in [0.5, 0.6) is 11.5 Å². The molecule has 0 spiro atoms. The molecule has 0 aliphatic carbocycles. The number of nitrogens with zero attached hydrogens (tertiary/aromatic N) is 1. The fourth-order valence-electron chi connectivity index (χ4n) is 2.38. The highest BCUT2D eigenvalue weighted by Crippen LogP contribution is 2.41. The highest BCUT2D eigenvalue weighted by atomic mass is 35.5. The monoisotopic (exact) mass is 300 g/mol. The van der Waals surface area contributed by atoms with E-state index < -0.39 is 0 Å². The Balaban J connectivity index is 2.26. The molecule has 20 heavy (non-hydrogen) atoms. The molecule has 2 unspecified atom stereocenters. The fourth-order valence-corrected chi connectivity index (χ4v) is 2.66. The van der Waals surface area contributed by atoms with E-state index in [9.17, 15) is 0 Å². The molecule has 1 aliphatic heterocycles. The second-order valence-electron chi connectivity index (χ2n) is 4.96. The van der Waals surface area contributed by atoms with Gasteiger partial charge in [0, 0.05) is 25.7 Å². The molecule has 1 heterocycles. The predicted molar refractivity (Wildman–Crippen MR) is 78.5 cm³/mol. The maximum atomic E-state index is 6.23. The van der Waals surface area contributed by atoms with Crippen LogP contribution in [-0.2, 0) is 4.74 Å². The molecular formula is C14H21ClN2O3. The first-order valence-electron chi connectivity index (χ1n) is 6.58. The van der Waals surface area contributed by atoms with Crippen molar-refractivity contribution in [3.63, 3.8) is 0 Å². The highest BCUT2D eigenvalue weighted by Gasteiger charge is 2.25. The van der Waals surface area contributed by atoms with Crippen molar-refractivity contribution in [1.29, 1.82) is 0 Å². The van der Waals surface area contributed by atoms with E-state index in [0.29, 0.717) is 29.7 Å². The van der Waals surface area contributed by atoms with Crippen LogP contribution in [0.4, 0.5) is 0 Å². The Morgan fingerprint density at radius 3 is 2.85 bits per heavy atom. The predicted octanol–water partition coefficient (Wildman–Crippen LogP) is 2.04. The summed E-state index contributed by atoms with van der Waals surface area (Å²) >= 11 is 6.23. The Morgan fingerprint density at radius 2 is 2.20 bits per heavy atom. The molecule has 112 valence electrons. The van der Waals surface area contributed by atoms with Gasteiger partial charge in [0.25, 0.3) is 0 Å². The average Bonchev–Trinajstić information content (AvgIpc) is 2.88. The minimum atomic E-state index is 0.0483. The number of halogens is 1. The number of fused-ring (bicyclic) bond motifs is 1. The van der Waals surface area contributed by atoms with Crippen LogP contribution < -0.4 is 15.2 Å². The van der Waals surface area contributed by atoms with Crippen molar-refractivity contribution in [2.24, 2.45) is 5.73 Å². The van der Waals surface area contributed by atoms with Crippen molar-refractivity contribution in [2.75, 3.05) is 34.1 Å². The Kier molecular flexibility index (Phi) is 5.10. The molecule has 0 aromatic heterocycles. The molecule has 2 atom stereocenters. The summed E-state index contributed by atoms with van der Waals surface area (Å²) < 4.78 is 15.9. The Labute approximate surface area is 124 Å². The Morgan fingerprint density at radius 1 is 1.45 bits per heavy atom. The van der Waals surface area contributed by atoms with Gasteiger partial charge in [0.2, 0.25) is 6.79 Å². The van der Waals surface area contributed by atoms with Crippen LogP contribution in [0.2, 0.25) is 5.02 Å². The normalized spacial score (nSPS) is 16.5. The number of hydrogen-bond donors (Lipinski definition) is 1. The molecule has 0 saturated carbocycles. The van der Waals surface area contributed by atoms with Gasteiger partial charge in [-0.15, -0.1) is 0 Å². The first kappa shape index (κ1) is 15.4. The average molecular weight is 301 g/mol. The van der Waals surface area contributed by atoms with Crippen molar-refractivity contribution in [3.8, 4) is 11.5 Å². The fraction of sp³-hybridized carbons (Fsp3) is 0.571. The van der Waals surface area contributed by atoms with E-state index in [1.54, 1.807) is 7.11 Å². The standard InChI is InChI=1S/C14H21ClN2O3/c1-9(7-18-3)17(2)12(6-16)10-4-11(15)14-13(5-10)19-8-20-14/h4-5,9,12H,6-8,16H2,1-3H3. The molecule has 2 rings (SSSR count). The largest absolute Gasteiger partial charge is 0.454 e. The van der Waals surface area contributed by atoms with Crippen molar-refractivity contribution >= 4 is 11.6 Å². The van der Waals surface area contributed by atoms with E-state index in [-0.39, 0.29) is 18.9 Å². The van der Waals surface area contributed by atoms with Crippen molar-refractivity contribution in [1.82, 2.24) is 4.90 Å². The summed E-state index contributed by atoms with van der Waals surface area (Å²) in [5.41, 5.74) is 6.96. The van der Waals surface area contributed by atoms with Gasteiger partial charge in [-0.1, -0.05) is 11.6 Å². The SMILES string of the molecule is COCC(C)N(C)C(CN)c1cc(Cl)c2c(c1)OCO2. The smallest absolute Gasteiger partial charge is 0.231 e. The number of rotatable bonds is 6. The molecule has 1 aromatic carbocycles. The summed E-state index contributed by atoms with van der Waals surface area (Å²) in [6.07, 6.45) is 0. The molecular weight excluding hydrogens is 280 g/mol. The second-order valence-corrected chi connectivity index (χ2v) is 5.37. The number of likely N-dealkylation sites (N-methyl/N-ethyl adjacent to an activating group) is 1. The van der Waals surface area contributed by atoms with Crippen LogP contribution in [0.25, 0.3) is 0 Å². The summed E-state index contributed by atoms with van der Waals surface area (Å²) in [5, 5.41) is 0.557. The Bertz CT molecular complexity index is 470. The lowest BCUT2D eigenvalue weighted by Gasteiger charge is -2.32. The second kappa shape index (κ2) is 6.63. The van der Waals surface area contributed by atoms with E-state index in [4.69, 9.17) is 31.5 Å². The first-order valence-corrected chi connectivity index (χ1v) is 6.96. The zero-order valence-electron chi connectivity index (χ0n) is 12.1. The summed E-state index contributed by atoms with van der Waals surface area (Å²) in [4.78, 5) is 2.18. The quantitative estimate of drug-likeness (QED) is 0.871. The van der Waals surface area contributed by atoms with Crippen molar-refractivity contribution in [2.45, 2.75) is 19.0 Å². The van der Waals surface area contributed by atoms with E-state index >= 15 is 0 Å². The molecule has 1 aromatic rings. The minimum absolute atomic E-state index is 0.0483. The van der Waals surface area contributed by atoms with Gasteiger partial charge in [-0.05, 0) is 31.7 Å². The molecule has 5 nitrogen and oxygen atoms in total. The molecule has 0 amide bonds. The molecule has 0 bridgehead atoms. The number of hydrogen-bond acceptors (Lipinski definition) is 5. The third-order valence-electron chi connectivity index (χ3n) is 3.65. The van der Waals surface area contributed by atoms with E-state index in [1.165, 1.54) is 0 Å². The van der Waals surface area contributed by atoms with Crippen LogP contribution in [-0.4, -0.2) is 45.0 Å². The van der Waals surface area contributed by atoms with Crippen LogP contribution in [0, 0.1) is 0 Å². The van der Waals surface area contributed by atoms with Gasteiger partial charge in [0.05, 0.1) is 11.6 Å². The molecule has 0 saturated heterocycles. The van der Waals surface area contributed by atoms with Gasteiger partial charge >= 0.3 is 0 Å². The lowest BCUT2D eigenvalue weighted by atomic mass is 10.0. The van der Waals surface area contributed by atoms with Crippen LogP contribution >= 0.6 is 11.6 Å². The van der Waals surface area contributed by atoms with Gasteiger partial charge in [0.1, 0.15) is 0 Å².